The first-order chi connectivity index (χ1) is 11.1. The summed E-state index contributed by atoms with van der Waals surface area (Å²) in [5, 5.41) is 3.40. The molecule has 0 bridgehead atoms. The van der Waals surface area contributed by atoms with Crippen molar-refractivity contribution >= 4 is 5.91 Å². The summed E-state index contributed by atoms with van der Waals surface area (Å²) < 4.78 is 0. The van der Waals surface area contributed by atoms with Crippen LogP contribution in [0.25, 0.3) is 0 Å². The number of benzene rings is 1. The Balaban J connectivity index is 1.57. The van der Waals surface area contributed by atoms with Gasteiger partial charge in [-0.2, -0.15) is 0 Å². The Bertz CT molecular complexity index is 545. The molecule has 1 aliphatic carbocycles. The number of nitrogens with one attached hydrogen (secondary N) is 1. The number of rotatable bonds is 6. The summed E-state index contributed by atoms with van der Waals surface area (Å²) in [6.07, 6.45) is 6.62. The van der Waals surface area contributed by atoms with Gasteiger partial charge in [0.1, 0.15) is 0 Å². The van der Waals surface area contributed by atoms with Crippen LogP contribution >= 0.6 is 0 Å². The van der Waals surface area contributed by atoms with Gasteiger partial charge in [0.25, 0.3) is 0 Å². The number of piperidine rings is 1. The molecule has 1 aromatic carbocycles. The normalized spacial score (nSPS) is 18.9. The van der Waals surface area contributed by atoms with Gasteiger partial charge in [-0.15, -0.1) is 0 Å². The van der Waals surface area contributed by atoms with Crippen LogP contribution in [0.4, 0.5) is 0 Å². The first-order valence-corrected chi connectivity index (χ1v) is 9.20. The predicted molar refractivity (Wildman–Crippen MR) is 94.3 cm³/mol. The molecule has 126 valence electrons. The van der Waals surface area contributed by atoms with E-state index < -0.39 is 0 Å². The van der Waals surface area contributed by atoms with E-state index in [1.807, 2.05) is 0 Å². The summed E-state index contributed by atoms with van der Waals surface area (Å²) >= 11 is 0. The molecule has 0 aromatic heterocycles. The van der Waals surface area contributed by atoms with Crippen LogP contribution < -0.4 is 5.32 Å². The molecule has 1 saturated heterocycles. The van der Waals surface area contributed by atoms with Gasteiger partial charge in [-0.25, -0.2) is 0 Å². The number of aryl methyl sites for hydroxylation is 2. The maximum Gasteiger partial charge on any atom is 0.223 e. The molecule has 3 heteroatoms. The number of carbonyl (C=O) groups is 1. The summed E-state index contributed by atoms with van der Waals surface area (Å²) in [7, 11) is 0. The molecule has 1 saturated carbocycles. The van der Waals surface area contributed by atoms with E-state index in [1.165, 1.54) is 42.4 Å². The van der Waals surface area contributed by atoms with E-state index in [9.17, 15) is 4.79 Å². The Labute approximate surface area is 140 Å². The largest absolute Gasteiger partial charge is 0.335 e. The van der Waals surface area contributed by atoms with Crippen molar-refractivity contribution in [3.05, 3.63) is 34.9 Å². The predicted octanol–water partition coefficient (Wildman–Crippen LogP) is 3.57. The minimum absolute atomic E-state index is 0.365. The fraction of sp³-hybridized carbons (Fsp3) is 0.650. The number of carbonyl (C=O) groups excluding carboxylic acids is 1. The van der Waals surface area contributed by atoms with Crippen LogP contribution in [0.15, 0.2) is 18.2 Å². The smallest absolute Gasteiger partial charge is 0.223 e. The van der Waals surface area contributed by atoms with E-state index in [2.05, 4.69) is 42.3 Å². The molecule has 0 unspecified atom stereocenters. The van der Waals surface area contributed by atoms with Crippen LogP contribution in [-0.4, -0.2) is 29.9 Å². The molecule has 0 spiro atoms. The Hall–Kier alpha value is -1.35. The van der Waals surface area contributed by atoms with E-state index in [0.29, 0.717) is 11.9 Å². The second-order valence-electron chi connectivity index (χ2n) is 7.40. The van der Waals surface area contributed by atoms with E-state index in [1.54, 1.807) is 0 Å². The second-order valence-corrected chi connectivity index (χ2v) is 7.40. The molecular formula is C20H30N2O. The van der Waals surface area contributed by atoms with Crippen molar-refractivity contribution in [3.8, 4) is 0 Å². The topological polar surface area (TPSA) is 32.3 Å². The minimum Gasteiger partial charge on any atom is -0.335 e. The average Bonchev–Trinajstić information content (AvgIpc) is 3.39. The van der Waals surface area contributed by atoms with Gasteiger partial charge in [0.2, 0.25) is 5.91 Å². The lowest BCUT2D eigenvalue weighted by Gasteiger charge is -2.26. The van der Waals surface area contributed by atoms with E-state index in [4.69, 9.17) is 0 Å². The molecule has 1 N–H and O–H groups in total. The van der Waals surface area contributed by atoms with Crippen molar-refractivity contribution in [1.29, 1.82) is 0 Å². The molecule has 2 aliphatic rings. The van der Waals surface area contributed by atoms with Crippen LogP contribution in [0.1, 0.15) is 55.2 Å². The Morgan fingerprint density at radius 3 is 2.52 bits per heavy atom. The van der Waals surface area contributed by atoms with E-state index in [-0.39, 0.29) is 0 Å². The number of nitrogens with zero attached hydrogens (tertiary/aromatic N) is 1. The van der Waals surface area contributed by atoms with Crippen LogP contribution in [0.3, 0.4) is 0 Å². The lowest BCUT2D eigenvalue weighted by atomic mass is 9.93. The van der Waals surface area contributed by atoms with Crippen molar-refractivity contribution in [2.24, 2.45) is 5.92 Å². The molecule has 2 fully saturated rings. The van der Waals surface area contributed by atoms with Crippen molar-refractivity contribution in [2.45, 2.75) is 65.0 Å². The zero-order valence-electron chi connectivity index (χ0n) is 14.6. The molecule has 1 aliphatic heterocycles. The summed E-state index contributed by atoms with van der Waals surface area (Å²) in [5.74, 6) is 1.10. The summed E-state index contributed by atoms with van der Waals surface area (Å²) in [6.45, 7) is 7.32. The summed E-state index contributed by atoms with van der Waals surface area (Å²) in [6, 6.07) is 7.09. The molecule has 1 heterocycles. The fourth-order valence-electron chi connectivity index (χ4n) is 3.55. The highest BCUT2D eigenvalue weighted by atomic mass is 16.2. The lowest BCUT2D eigenvalue weighted by molar-refractivity contribution is -0.132. The van der Waals surface area contributed by atoms with Crippen molar-refractivity contribution in [1.82, 2.24) is 10.2 Å². The van der Waals surface area contributed by atoms with Gasteiger partial charge < -0.3 is 10.2 Å². The highest BCUT2D eigenvalue weighted by Crippen LogP contribution is 2.30. The van der Waals surface area contributed by atoms with Gasteiger partial charge in [0.15, 0.2) is 0 Å². The SMILES string of the molecule is Cc1ccc(CN(C(=O)CCC2CCNCC2)C2CC2)cc1C. The van der Waals surface area contributed by atoms with Crippen LogP contribution in [0, 0.1) is 19.8 Å². The molecular weight excluding hydrogens is 284 g/mol. The Morgan fingerprint density at radius 2 is 1.87 bits per heavy atom. The standard InChI is InChI=1S/C20H30N2O/c1-15-3-4-18(13-16(15)2)14-22(19-6-7-19)20(23)8-5-17-9-11-21-12-10-17/h3-4,13,17,19,21H,5-12,14H2,1-2H3. The van der Waals surface area contributed by atoms with Crippen LogP contribution in [-0.2, 0) is 11.3 Å². The summed E-state index contributed by atoms with van der Waals surface area (Å²) in [5.41, 5.74) is 3.92. The quantitative estimate of drug-likeness (QED) is 0.870. The number of amides is 1. The molecule has 1 amide bonds. The molecule has 3 nitrogen and oxygen atoms in total. The van der Waals surface area contributed by atoms with Gasteiger partial charge in [0.05, 0.1) is 0 Å². The van der Waals surface area contributed by atoms with Crippen molar-refractivity contribution in [2.75, 3.05) is 13.1 Å². The van der Waals surface area contributed by atoms with Gasteiger partial charge in [0, 0.05) is 19.0 Å². The van der Waals surface area contributed by atoms with Crippen LogP contribution in [0.2, 0.25) is 0 Å². The first-order valence-electron chi connectivity index (χ1n) is 9.20. The molecule has 0 radical (unpaired) electrons. The van der Waals surface area contributed by atoms with Gasteiger partial charge in [-0.3, -0.25) is 4.79 Å². The zero-order valence-corrected chi connectivity index (χ0v) is 14.6. The Morgan fingerprint density at radius 1 is 1.13 bits per heavy atom. The molecule has 0 atom stereocenters. The summed E-state index contributed by atoms with van der Waals surface area (Å²) in [4.78, 5) is 14.9. The number of hydrogen-bond donors (Lipinski definition) is 1. The first kappa shape index (κ1) is 16.5. The highest BCUT2D eigenvalue weighted by molar-refractivity contribution is 5.76. The fourth-order valence-corrected chi connectivity index (χ4v) is 3.55. The number of hydrogen-bond acceptors (Lipinski definition) is 2. The molecule has 3 rings (SSSR count). The third-order valence-corrected chi connectivity index (χ3v) is 5.46. The van der Waals surface area contributed by atoms with Gasteiger partial charge >= 0.3 is 0 Å². The third kappa shape index (κ3) is 4.57. The zero-order chi connectivity index (χ0) is 16.2. The maximum atomic E-state index is 12.7. The van der Waals surface area contributed by atoms with E-state index >= 15 is 0 Å². The monoisotopic (exact) mass is 314 g/mol. The Kier molecular flexibility index (Phi) is 5.37. The second kappa shape index (κ2) is 7.48. The van der Waals surface area contributed by atoms with Gasteiger partial charge in [-0.05, 0) is 81.6 Å². The lowest BCUT2D eigenvalue weighted by Crippen LogP contribution is -2.33. The van der Waals surface area contributed by atoms with Crippen molar-refractivity contribution in [3.63, 3.8) is 0 Å². The van der Waals surface area contributed by atoms with Crippen molar-refractivity contribution < 1.29 is 4.79 Å². The van der Waals surface area contributed by atoms with Gasteiger partial charge in [-0.1, -0.05) is 18.2 Å². The maximum absolute atomic E-state index is 12.7. The molecule has 23 heavy (non-hydrogen) atoms. The molecule has 1 aromatic rings. The van der Waals surface area contributed by atoms with Crippen LogP contribution in [0.5, 0.6) is 0 Å². The minimum atomic E-state index is 0.365. The third-order valence-electron chi connectivity index (χ3n) is 5.46. The highest BCUT2D eigenvalue weighted by Gasteiger charge is 2.32. The van der Waals surface area contributed by atoms with E-state index in [0.717, 1.165) is 38.4 Å². The average molecular weight is 314 g/mol.